The van der Waals surface area contributed by atoms with Gasteiger partial charge in [0, 0.05) is 24.5 Å². The van der Waals surface area contributed by atoms with Crippen molar-refractivity contribution in [2.75, 3.05) is 6.54 Å². The van der Waals surface area contributed by atoms with Crippen LogP contribution in [0.3, 0.4) is 0 Å². The number of nitrogens with zero attached hydrogens (tertiary/aromatic N) is 2. The molecule has 0 bridgehead atoms. The van der Waals surface area contributed by atoms with Gasteiger partial charge in [-0.25, -0.2) is 14.6 Å². The number of urea groups is 1. The second-order valence-corrected chi connectivity index (χ2v) is 5.60. The van der Waals surface area contributed by atoms with Gasteiger partial charge in [0.1, 0.15) is 11.0 Å². The lowest BCUT2D eigenvalue weighted by atomic mass is 10.2. The molecule has 0 saturated carbocycles. The standard InChI is InChI=1S/C12H17N3O4S/c1-2-8(10-13-3-4-20-10)14-12(19)15-6-7(16)5-9(15)11(17)18/h3-4,7-9,16H,2,5-6H2,1H3,(H,14,19)(H,17,18). The van der Waals surface area contributed by atoms with E-state index in [0.717, 1.165) is 5.01 Å². The number of carbonyl (C=O) groups excluding carboxylic acids is 1. The molecule has 2 amide bonds. The van der Waals surface area contributed by atoms with E-state index < -0.39 is 24.1 Å². The molecule has 2 heterocycles. The molecule has 1 aromatic heterocycles. The molecule has 110 valence electrons. The molecule has 0 radical (unpaired) electrons. The van der Waals surface area contributed by atoms with Gasteiger partial charge in [0.15, 0.2) is 0 Å². The first kappa shape index (κ1) is 14.7. The van der Waals surface area contributed by atoms with Crippen LogP contribution in [0.1, 0.15) is 30.8 Å². The van der Waals surface area contributed by atoms with Crippen molar-refractivity contribution in [2.24, 2.45) is 0 Å². The van der Waals surface area contributed by atoms with Gasteiger partial charge in [-0.1, -0.05) is 6.92 Å². The molecule has 3 atom stereocenters. The molecule has 3 N–H and O–H groups in total. The Kier molecular flexibility index (Phi) is 4.56. The number of carboxylic acid groups (broad SMARTS) is 1. The molecule has 0 aliphatic carbocycles. The lowest BCUT2D eigenvalue weighted by Crippen LogP contribution is -2.47. The van der Waals surface area contributed by atoms with E-state index in [2.05, 4.69) is 10.3 Å². The van der Waals surface area contributed by atoms with Crippen LogP contribution in [0.2, 0.25) is 0 Å². The largest absolute Gasteiger partial charge is 0.480 e. The zero-order chi connectivity index (χ0) is 14.7. The number of thiazole rings is 1. The Morgan fingerprint density at radius 1 is 1.65 bits per heavy atom. The summed E-state index contributed by atoms with van der Waals surface area (Å²) in [4.78, 5) is 28.6. The molecule has 0 spiro atoms. The van der Waals surface area contributed by atoms with E-state index in [-0.39, 0.29) is 19.0 Å². The van der Waals surface area contributed by atoms with Gasteiger partial charge in [0.2, 0.25) is 0 Å². The lowest BCUT2D eigenvalue weighted by molar-refractivity contribution is -0.141. The summed E-state index contributed by atoms with van der Waals surface area (Å²) < 4.78 is 0. The van der Waals surface area contributed by atoms with Crippen molar-refractivity contribution in [3.8, 4) is 0 Å². The van der Waals surface area contributed by atoms with Crippen molar-refractivity contribution in [2.45, 2.75) is 38.0 Å². The number of rotatable bonds is 4. The topological polar surface area (TPSA) is 103 Å². The minimum atomic E-state index is -1.10. The van der Waals surface area contributed by atoms with Crippen LogP contribution in [-0.2, 0) is 4.79 Å². The summed E-state index contributed by atoms with van der Waals surface area (Å²) in [7, 11) is 0. The van der Waals surface area contributed by atoms with Crippen LogP contribution in [0, 0.1) is 0 Å². The molecule has 1 aliphatic heterocycles. The van der Waals surface area contributed by atoms with Crippen LogP contribution in [0.5, 0.6) is 0 Å². The molecular formula is C12H17N3O4S. The molecule has 1 aliphatic rings. The number of nitrogens with one attached hydrogen (secondary N) is 1. The van der Waals surface area contributed by atoms with Crippen molar-refractivity contribution < 1.29 is 19.8 Å². The Morgan fingerprint density at radius 2 is 2.40 bits per heavy atom. The first-order valence-corrected chi connectivity index (χ1v) is 7.28. The molecule has 1 saturated heterocycles. The maximum atomic E-state index is 12.2. The molecule has 3 unspecified atom stereocenters. The van der Waals surface area contributed by atoms with Gasteiger partial charge < -0.3 is 20.4 Å². The number of β-amino-alcohol motifs (C(OH)–C–C–N with tert-alkyl or cyclic N) is 1. The Balaban J connectivity index is 2.05. The highest BCUT2D eigenvalue weighted by Crippen LogP contribution is 2.22. The second kappa shape index (κ2) is 6.19. The maximum Gasteiger partial charge on any atom is 0.326 e. The SMILES string of the molecule is CCC(NC(=O)N1CC(O)CC1C(=O)O)c1nccs1. The number of aliphatic carboxylic acids is 1. The minimum absolute atomic E-state index is 0.0388. The number of hydrogen-bond acceptors (Lipinski definition) is 5. The predicted octanol–water partition coefficient (Wildman–Crippen LogP) is 0.824. The highest BCUT2D eigenvalue weighted by Gasteiger charge is 2.39. The van der Waals surface area contributed by atoms with Crippen molar-refractivity contribution in [3.63, 3.8) is 0 Å². The number of hydrogen-bond donors (Lipinski definition) is 3. The summed E-state index contributed by atoms with van der Waals surface area (Å²) in [6.07, 6.45) is 1.60. The summed E-state index contributed by atoms with van der Waals surface area (Å²) >= 11 is 1.44. The second-order valence-electron chi connectivity index (χ2n) is 4.68. The summed E-state index contributed by atoms with van der Waals surface area (Å²) in [5.74, 6) is -1.10. The first-order chi connectivity index (χ1) is 9.52. The number of aliphatic hydroxyl groups excluding tert-OH is 1. The third-order valence-corrected chi connectivity index (χ3v) is 4.17. The summed E-state index contributed by atoms with van der Waals surface area (Å²) in [6.45, 7) is 1.96. The molecule has 1 fully saturated rings. The molecule has 7 nitrogen and oxygen atoms in total. The highest BCUT2D eigenvalue weighted by atomic mass is 32.1. The third-order valence-electron chi connectivity index (χ3n) is 3.28. The van der Waals surface area contributed by atoms with E-state index >= 15 is 0 Å². The Morgan fingerprint density at radius 3 is 2.95 bits per heavy atom. The summed E-state index contributed by atoms with van der Waals surface area (Å²) in [5.41, 5.74) is 0. The number of carboxylic acids is 1. The predicted molar refractivity (Wildman–Crippen MR) is 72.4 cm³/mol. The van der Waals surface area contributed by atoms with E-state index in [4.69, 9.17) is 5.11 Å². The third kappa shape index (κ3) is 3.07. The van der Waals surface area contributed by atoms with Crippen molar-refractivity contribution in [1.82, 2.24) is 15.2 Å². The number of carbonyl (C=O) groups is 2. The fourth-order valence-electron chi connectivity index (χ4n) is 2.25. The van der Waals surface area contributed by atoms with Gasteiger partial charge in [-0.15, -0.1) is 11.3 Å². The van der Waals surface area contributed by atoms with E-state index in [1.54, 1.807) is 6.20 Å². The van der Waals surface area contributed by atoms with E-state index in [9.17, 15) is 14.7 Å². The number of amides is 2. The Labute approximate surface area is 120 Å². The fourth-order valence-corrected chi connectivity index (χ4v) is 3.02. The quantitative estimate of drug-likeness (QED) is 0.764. The van der Waals surface area contributed by atoms with Crippen LogP contribution in [-0.4, -0.2) is 50.8 Å². The van der Waals surface area contributed by atoms with Gasteiger partial charge >= 0.3 is 12.0 Å². The normalized spacial score (nSPS) is 23.6. The molecule has 0 aromatic carbocycles. The van der Waals surface area contributed by atoms with Gasteiger partial charge in [-0.05, 0) is 6.42 Å². The average Bonchev–Trinajstić information content (AvgIpc) is 3.04. The van der Waals surface area contributed by atoms with Crippen molar-refractivity contribution in [1.29, 1.82) is 0 Å². The number of aromatic nitrogens is 1. The number of aliphatic hydroxyl groups is 1. The van der Waals surface area contributed by atoms with Crippen LogP contribution in [0.4, 0.5) is 4.79 Å². The van der Waals surface area contributed by atoms with Crippen LogP contribution in [0.15, 0.2) is 11.6 Å². The molecule has 2 rings (SSSR count). The smallest absolute Gasteiger partial charge is 0.326 e. The molecular weight excluding hydrogens is 282 g/mol. The van der Waals surface area contributed by atoms with E-state index in [1.165, 1.54) is 16.2 Å². The van der Waals surface area contributed by atoms with Gasteiger partial charge in [0.25, 0.3) is 0 Å². The zero-order valence-corrected chi connectivity index (χ0v) is 11.8. The first-order valence-electron chi connectivity index (χ1n) is 6.40. The van der Waals surface area contributed by atoms with Gasteiger partial charge in [-0.3, -0.25) is 0 Å². The molecule has 20 heavy (non-hydrogen) atoms. The van der Waals surface area contributed by atoms with Crippen LogP contribution in [0.25, 0.3) is 0 Å². The Bertz CT molecular complexity index is 479. The monoisotopic (exact) mass is 299 g/mol. The van der Waals surface area contributed by atoms with E-state index in [0.29, 0.717) is 6.42 Å². The van der Waals surface area contributed by atoms with Crippen LogP contribution < -0.4 is 5.32 Å². The average molecular weight is 299 g/mol. The van der Waals surface area contributed by atoms with Crippen molar-refractivity contribution in [3.05, 3.63) is 16.6 Å². The summed E-state index contributed by atoms with van der Waals surface area (Å²) in [5, 5.41) is 24.0. The fraction of sp³-hybridized carbons (Fsp3) is 0.583. The molecule has 8 heteroatoms. The molecule has 1 aromatic rings. The highest BCUT2D eigenvalue weighted by molar-refractivity contribution is 7.09. The summed E-state index contributed by atoms with van der Waals surface area (Å²) in [6, 6.07) is -1.69. The minimum Gasteiger partial charge on any atom is -0.480 e. The van der Waals surface area contributed by atoms with Gasteiger partial charge in [-0.2, -0.15) is 0 Å². The van der Waals surface area contributed by atoms with Crippen molar-refractivity contribution >= 4 is 23.3 Å². The number of likely N-dealkylation sites (tertiary alicyclic amines) is 1. The Hall–Kier alpha value is -1.67. The lowest BCUT2D eigenvalue weighted by Gasteiger charge is -2.24. The zero-order valence-electron chi connectivity index (χ0n) is 11.0. The van der Waals surface area contributed by atoms with Crippen LogP contribution >= 0.6 is 11.3 Å². The maximum absolute atomic E-state index is 12.2. The van der Waals surface area contributed by atoms with Gasteiger partial charge in [0.05, 0.1) is 12.1 Å². The van der Waals surface area contributed by atoms with E-state index in [1.807, 2.05) is 12.3 Å².